The SMILES string of the molecule is Cn1cc(NC(=O)C[C@H]2NC(=O)N(Cc3ccccc3Cl)C2=O)cn1. The van der Waals surface area contributed by atoms with Crippen LogP contribution in [0.4, 0.5) is 10.5 Å². The maximum Gasteiger partial charge on any atom is 0.325 e. The molecule has 3 rings (SSSR count). The zero-order chi connectivity index (χ0) is 18.0. The van der Waals surface area contributed by atoms with Crippen LogP contribution in [0.3, 0.4) is 0 Å². The zero-order valence-electron chi connectivity index (χ0n) is 13.4. The van der Waals surface area contributed by atoms with Gasteiger partial charge in [0.05, 0.1) is 24.8 Å². The fourth-order valence-corrected chi connectivity index (χ4v) is 2.74. The lowest BCUT2D eigenvalue weighted by Gasteiger charge is -2.14. The lowest BCUT2D eigenvalue weighted by atomic mass is 10.1. The monoisotopic (exact) mass is 361 g/mol. The second kappa shape index (κ2) is 6.94. The van der Waals surface area contributed by atoms with Crippen molar-refractivity contribution >= 4 is 35.1 Å². The molecular weight excluding hydrogens is 346 g/mol. The molecule has 25 heavy (non-hydrogen) atoms. The predicted molar refractivity (Wildman–Crippen MR) is 90.8 cm³/mol. The van der Waals surface area contributed by atoms with Crippen molar-refractivity contribution in [2.75, 3.05) is 5.32 Å². The highest BCUT2D eigenvalue weighted by Gasteiger charge is 2.39. The topological polar surface area (TPSA) is 96.3 Å². The summed E-state index contributed by atoms with van der Waals surface area (Å²) in [4.78, 5) is 37.6. The van der Waals surface area contributed by atoms with Gasteiger partial charge in [0.15, 0.2) is 0 Å². The molecule has 1 atom stereocenters. The Balaban J connectivity index is 1.62. The highest BCUT2D eigenvalue weighted by Crippen LogP contribution is 2.20. The fourth-order valence-electron chi connectivity index (χ4n) is 2.55. The van der Waals surface area contributed by atoms with Crippen molar-refractivity contribution in [2.45, 2.75) is 19.0 Å². The molecule has 1 aliphatic heterocycles. The zero-order valence-corrected chi connectivity index (χ0v) is 14.2. The number of anilines is 1. The van der Waals surface area contributed by atoms with E-state index < -0.39 is 18.0 Å². The lowest BCUT2D eigenvalue weighted by molar-refractivity contribution is -0.130. The number of aromatic nitrogens is 2. The molecule has 1 aromatic heterocycles. The summed E-state index contributed by atoms with van der Waals surface area (Å²) < 4.78 is 1.55. The molecule has 2 N–H and O–H groups in total. The molecule has 0 radical (unpaired) electrons. The van der Waals surface area contributed by atoms with E-state index in [1.807, 2.05) is 0 Å². The fraction of sp³-hybridized carbons (Fsp3) is 0.250. The number of carbonyl (C=O) groups is 3. The number of halogens is 1. The Morgan fingerprint density at radius 1 is 1.36 bits per heavy atom. The number of urea groups is 1. The van der Waals surface area contributed by atoms with E-state index in [1.54, 1.807) is 42.2 Å². The number of nitrogens with zero attached hydrogens (tertiary/aromatic N) is 3. The minimum Gasteiger partial charge on any atom is -0.325 e. The molecule has 8 nitrogen and oxygen atoms in total. The molecule has 1 aliphatic rings. The normalized spacial score (nSPS) is 16.9. The number of hydrogen-bond donors (Lipinski definition) is 2. The average molecular weight is 362 g/mol. The van der Waals surface area contributed by atoms with Crippen LogP contribution in [0, 0.1) is 0 Å². The van der Waals surface area contributed by atoms with Gasteiger partial charge < -0.3 is 10.6 Å². The third kappa shape index (κ3) is 3.80. The van der Waals surface area contributed by atoms with E-state index in [-0.39, 0.29) is 18.9 Å². The third-order valence-corrected chi connectivity index (χ3v) is 4.14. The van der Waals surface area contributed by atoms with Gasteiger partial charge in [-0.15, -0.1) is 0 Å². The molecule has 0 spiro atoms. The van der Waals surface area contributed by atoms with Gasteiger partial charge in [-0.05, 0) is 11.6 Å². The summed E-state index contributed by atoms with van der Waals surface area (Å²) in [7, 11) is 1.73. The second-order valence-electron chi connectivity index (χ2n) is 5.67. The lowest BCUT2D eigenvalue weighted by Crippen LogP contribution is -2.34. The molecule has 1 aromatic carbocycles. The first-order chi connectivity index (χ1) is 11.9. The molecule has 2 aromatic rings. The van der Waals surface area contributed by atoms with E-state index in [2.05, 4.69) is 15.7 Å². The van der Waals surface area contributed by atoms with Crippen LogP contribution in [0.1, 0.15) is 12.0 Å². The molecular formula is C16H16ClN5O3. The average Bonchev–Trinajstić information content (AvgIpc) is 3.07. The van der Waals surface area contributed by atoms with E-state index >= 15 is 0 Å². The third-order valence-electron chi connectivity index (χ3n) is 3.77. The second-order valence-corrected chi connectivity index (χ2v) is 6.08. The standard InChI is InChI=1S/C16H16ClN5O3/c1-21-9-11(7-18-21)19-14(23)6-13-15(24)22(16(25)20-13)8-10-4-2-3-5-12(10)17/h2-5,7,9,13H,6,8H2,1H3,(H,19,23)(H,20,25)/t13-/m1/s1. The number of carbonyl (C=O) groups excluding carboxylic acids is 3. The van der Waals surface area contributed by atoms with Gasteiger partial charge in [-0.25, -0.2) is 4.79 Å². The number of benzene rings is 1. The Hall–Kier alpha value is -2.87. The van der Waals surface area contributed by atoms with Crippen molar-refractivity contribution in [1.82, 2.24) is 20.0 Å². The molecule has 9 heteroatoms. The van der Waals surface area contributed by atoms with Gasteiger partial charge in [-0.3, -0.25) is 19.2 Å². The molecule has 0 aliphatic carbocycles. The van der Waals surface area contributed by atoms with E-state index in [1.165, 1.54) is 6.20 Å². The summed E-state index contributed by atoms with van der Waals surface area (Å²) in [6.45, 7) is 0.0606. The molecule has 0 bridgehead atoms. The maximum atomic E-state index is 12.4. The van der Waals surface area contributed by atoms with Crippen molar-refractivity contribution < 1.29 is 14.4 Å². The number of imide groups is 1. The molecule has 2 heterocycles. The van der Waals surface area contributed by atoms with Crippen molar-refractivity contribution in [2.24, 2.45) is 7.05 Å². The van der Waals surface area contributed by atoms with Crippen LogP contribution >= 0.6 is 11.6 Å². The number of nitrogens with one attached hydrogen (secondary N) is 2. The summed E-state index contributed by atoms with van der Waals surface area (Å²) in [5.41, 5.74) is 1.19. The van der Waals surface area contributed by atoms with Gasteiger partial charge in [0, 0.05) is 18.3 Å². The van der Waals surface area contributed by atoms with Gasteiger partial charge >= 0.3 is 6.03 Å². The summed E-state index contributed by atoms with van der Waals surface area (Å²) in [6, 6.07) is 5.54. The van der Waals surface area contributed by atoms with Crippen LogP contribution in [0.2, 0.25) is 5.02 Å². The largest absolute Gasteiger partial charge is 0.325 e. The Morgan fingerprint density at radius 2 is 2.12 bits per heavy atom. The number of aryl methyl sites for hydroxylation is 1. The first-order valence-corrected chi connectivity index (χ1v) is 7.95. The molecule has 130 valence electrons. The summed E-state index contributed by atoms with van der Waals surface area (Å²) in [5, 5.41) is 9.57. The first kappa shape index (κ1) is 17.0. The van der Waals surface area contributed by atoms with Crippen LogP contribution in [-0.4, -0.2) is 38.6 Å². The Morgan fingerprint density at radius 3 is 2.80 bits per heavy atom. The molecule has 1 saturated heterocycles. The maximum absolute atomic E-state index is 12.4. The highest BCUT2D eigenvalue weighted by molar-refractivity contribution is 6.31. The van der Waals surface area contributed by atoms with E-state index in [4.69, 9.17) is 11.6 Å². The minimum absolute atomic E-state index is 0.0606. The number of hydrogen-bond acceptors (Lipinski definition) is 4. The van der Waals surface area contributed by atoms with Crippen LogP contribution in [0.5, 0.6) is 0 Å². The van der Waals surface area contributed by atoms with Gasteiger partial charge in [-0.2, -0.15) is 5.10 Å². The van der Waals surface area contributed by atoms with Gasteiger partial charge in [0.25, 0.3) is 5.91 Å². The number of rotatable bonds is 5. The van der Waals surface area contributed by atoms with Crippen molar-refractivity contribution in [3.05, 3.63) is 47.2 Å². The molecule has 0 saturated carbocycles. The number of amides is 4. The van der Waals surface area contributed by atoms with E-state index in [0.717, 1.165) is 4.90 Å². The van der Waals surface area contributed by atoms with Crippen LogP contribution < -0.4 is 10.6 Å². The van der Waals surface area contributed by atoms with Crippen molar-refractivity contribution in [3.8, 4) is 0 Å². The van der Waals surface area contributed by atoms with Crippen LogP contribution in [0.25, 0.3) is 0 Å². The Bertz CT molecular complexity index is 835. The van der Waals surface area contributed by atoms with Gasteiger partial charge in [-0.1, -0.05) is 29.8 Å². The molecule has 1 fully saturated rings. The van der Waals surface area contributed by atoms with E-state index in [9.17, 15) is 14.4 Å². The Kier molecular flexibility index (Phi) is 4.71. The van der Waals surface area contributed by atoms with Gasteiger partial charge in [0.1, 0.15) is 6.04 Å². The predicted octanol–water partition coefficient (Wildman–Crippen LogP) is 1.52. The molecule has 4 amide bonds. The summed E-state index contributed by atoms with van der Waals surface area (Å²) >= 11 is 6.07. The summed E-state index contributed by atoms with van der Waals surface area (Å²) in [5.74, 6) is -0.836. The van der Waals surface area contributed by atoms with Gasteiger partial charge in [0.2, 0.25) is 5.91 Å². The van der Waals surface area contributed by atoms with Crippen LogP contribution in [0.15, 0.2) is 36.7 Å². The minimum atomic E-state index is -0.897. The Labute approximate surface area is 148 Å². The van der Waals surface area contributed by atoms with Crippen molar-refractivity contribution in [3.63, 3.8) is 0 Å². The van der Waals surface area contributed by atoms with Crippen LogP contribution in [-0.2, 0) is 23.2 Å². The molecule has 0 unspecified atom stereocenters. The smallest absolute Gasteiger partial charge is 0.325 e. The quantitative estimate of drug-likeness (QED) is 0.789. The summed E-state index contributed by atoms with van der Waals surface area (Å²) in [6.07, 6.45) is 2.98. The van der Waals surface area contributed by atoms with E-state index in [0.29, 0.717) is 16.3 Å². The highest BCUT2D eigenvalue weighted by atomic mass is 35.5. The first-order valence-electron chi connectivity index (χ1n) is 7.58. The van der Waals surface area contributed by atoms with Crippen molar-refractivity contribution in [1.29, 1.82) is 0 Å².